The second-order valence-electron chi connectivity index (χ2n) is 8.79. The zero-order valence-corrected chi connectivity index (χ0v) is 19.8. The molecule has 1 aromatic carbocycles. The number of amides is 1. The predicted molar refractivity (Wildman–Crippen MR) is 136 cm³/mol. The molecule has 2 heterocycles. The van der Waals surface area contributed by atoms with Crippen molar-refractivity contribution in [1.29, 1.82) is 0 Å². The summed E-state index contributed by atoms with van der Waals surface area (Å²) < 4.78 is 20.6. The van der Waals surface area contributed by atoms with Crippen LogP contribution in [0.3, 0.4) is 0 Å². The number of piperidine rings is 1. The van der Waals surface area contributed by atoms with Crippen molar-refractivity contribution >= 4 is 29.0 Å². The first-order valence-corrected chi connectivity index (χ1v) is 11.8. The molecule has 9 heteroatoms. The van der Waals surface area contributed by atoms with Gasteiger partial charge in [0, 0.05) is 17.1 Å². The lowest BCUT2D eigenvalue weighted by Gasteiger charge is -2.29. The molecule has 1 amide bonds. The summed E-state index contributed by atoms with van der Waals surface area (Å²) in [5, 5.41) is 8.76. The molecule has 1 unspecified atom stereocenters. The van der Waals surface area contributed by atoms with E-state index in [9.17, 15) is 9.18 Å². The quantitative estimate of drug-likeness (QED) is 0.458. The number of benzene rings is 1. The minimum absolute atomic E-state index is 0.0187. The van der Waals surface area contributed by atoms with Gasteiger partial charge < -0.3 is 25.6 Å². The normalized spacial score (nSPS) is 18.6. The molecule has 0 saturated carbocycles. The smallest absolute Gasteiger partial charge is 0.247 e. The van der Waals surface area contributed by atoms with Gasteiger partial charge in [0.05, 0.1) is 18.9 Å². The number of halogens is 1. The van der Waals surface area contributed by atoms with Crippen molar-refractivity contribution in [3.63, 3.8) is 0 Å². The number of hydrogen-bond donors (Lipinski definition) is 3. The average Bonchev–Trinajstić information content (AvgIpc) is 2.86. The van der Waals surface area contributed by atoms with Gasteiger partial charge in [0.15, 0.2) is 11.6 Å². The summed E-state index contributed by atoms with van der Waals surface area (Å²) in [6, 6.07) is 6.89. The number of aromatic nitrogens is 2. The highest BCUT2D eigenvalue weighted by Gasteiger charge is 2.19. The van der Waals surface area contributed by atoms with E-state index in [0.717, 1.165) is 50.9 Å². The number of carbonyl (C=O) groups is 1. The van der Waals surface area contributed by atoms with Gasteiger partial charge in [-0.05, 0) is 81.7 Å². The number of nitrogens with zero attached hydrogens (tertiary/aromatic N) is 3. The fourth-order valence-electron chi connectivity index (χ4n) is 3.99. The summed E-state index contributed by atoms with van der Waals surface area (Å²) in [6.07, 6.45) is 11.4. The average molecular weight is 479 g/mol. The van der Waals surface area contributed by atoms with E-state index in [2.05, 4.69) is 44.4 Å². The van der Waals surface area contributed by atoms with Gasteiger partial charge in [0.1, 0.15) is 0 Å². The molecule has 8 nitrogen and oxygen atoms in total. The second kappa shape index (κ2) is 11.7. The van der Waals surface area contributed by atoms with Crippen molar-refractivity contribution in [2.45, 2.75) is 25.4 Å². The van der Waals surface area contributed by atoms with Gasteiger partial charge in [-0.2, -0.15) is 4.98 Å². The molecule has 1 atom stereocenters. The molecule has 3 N–H and O–H groups in total. The Morgan fingerprint density at radius 2 is 2.09 bits per heavy atom. The molecule has 0 radical (unpaired) electrons. The number of allylic oxidation sites excluding steroid dienone is 1. The fourth-order valence-corrected chi connectivity index (χ4v) is 3.99. The van der Waals surface area contributed by atoms with E-state index < -0.39 is 5.82 Å². The Hall–Kier alpha value is -3.56. The molecule has 1 aromatic heterocycles. The summed E-state index contributed by atoms with van der Waals surface area (Å²) >= 11 is 0. The number of hydrogen-bond acceptors (Lipinski definition) is 7. The third kappa shape index (κ3) is 7.21. The van der Waals surface area contributed by atoms with Gasteiger partial charge in [-0.15, -0.1) is 0 Å². The van der Waals surface area contributed by atoms with E-state index in [-0.39, 0.29) is 23.8 Å². The Kier molecular flexibility index (Phi) is 8.23. The van der Waals surface area contributed by atoms with Crippen LogP contribution >= 0.6 is 0 Å². The van der Waals surface area contributed by atoms with E-state index in [1.54, 1.807) is 24.3 Å². The summed E-state index contributed by atoms with van der Waals surface area (Å²) in [7, 11) is 2.16. The van der Waals surface area contributed by atoms with Crippen molar-refractivity contribution in [1.82, 2.24) is 14.9 Å². The molecule has 1 fully saturated rings. The van der Waals surface area contributed by atoms with Crippen molar-refractivity contribution in [2.75, 3.05) is 42.7 Å². The number of rotatable bonds is 9. The van der Waals surface area contributed by atoms with Gasteiger partial charge in [0.25, 0.3) is 0 Å². The Morgan fingerprint density at radius 3 is 2.89 bits per heavy atom. The van der Waals surface area contributed by atoms with Gasteiger partial charge in [0.2, 0.25) is 11.9 Å². The van der Waals surface area contributed by atoms with Crippen molar-refractivity contribution in [2.24, 2.45) is 5.92 Å². The Morgan fingerprint density at radius 1 is 1.29 bits per heavy atom. The number of carbonyl (C=O) groups excluding carboxylic acids is 1. The number of nitrogens with one attached hydrogen (secondary N) is 3. The van der Waals surface area contributed by atoms with E-state index in [4.69, 9.17) is 4.74 Å². The van der Waals surface area contributed by atoms with Gasteiger partial charge in [-0.3, -0.25) is 4.79 Å². The molecule has 2 aromatic rings. The first-order chi connectivity index (χ1) is 17.0. The van der Waals surface area contributed by atoms with Crippen molar-refractivity contribution < 1.29 is 13.9 Å². The molecule has 1 saturated heterocycles. The third-order valence-electron chi connectivity index (χ3n) is 5.99. The van der Waals surface area contributed by atoms with Crippen LogP contribution in [0.15, 0.2) is 67.0 Å². The van der Waals surface area contributed by atoms with Crippen molar-refractivity contribution in [3.8, 4) is 0 Å². The predicted octanol–water partition coefficient (Wildman–Crippen LogP) is 4.47. The molecule has 0 spiro atoms. The standard InChI is InChI=1S/C26H31FN6O2/c1-3-24(34)29-19-6-4-7-20(14-19)30-25-23(27)16-28-26(32-25)31-21-8-5-9-22(15-21)35-17-18-10-12-33(2)13-11-18/h3-8,14-16,18,22H,1,9-13,17H2,2H3,(H,29,34)(H2,28,30,31,32). The van der Waals surface area contributed by atoms with Gasteiger partial charge in [-0.1, -0.05) is 18.7 Å². The topological polar surface area (TPSA) is 91.4 Å². The van der Waals surface area contributed by atoms with Crippen LogP contribution in [-0.4, -0.2) is 53.6 Å². The van der Waals surface area contributed by atoms with Crippen LogP contribution in [0.2, 0.25) is 0 Å². The summed E-state index contributed by atoms with van der Waals surface area (Å²) in [5.41, 5.74) is 1.92. The van der Waals surface area contributed by atoms with Crippen LogP contribution in [-0.2, 0) is 9.53 Å². The first kappa shape index (κ1) is 24.6. The lowest BCUT2D eigenvalue weighted by atomic mass is 9.98. The van der Waals surface area contributed by atoms with Gasteiger partial charge in [-0.25, -0.2) is 9.37 Å². The Bertz CT molecular complexity index is 1110. The van der Waals surface area contributed by atoms with Crippen LogP contribution in [0.25, 0.3) is 0 Å². The lowest BCUT2D eigenvalue weighted by Crippen LogP contribution is -2.32. The van der Waals surface area contributed by atoms with E-state index in [1.165, 1.54) is 6.08 Å². The minimum atomic E-state index is -0.594. The zero-order chi connectivity index (χ0) is 24.6. The van der Waals surface area contributed by atoms with Crippen LogP contribution in [0.5, 0.6) is 0 Å². The SMILES string of the molecule is C=CC(=O)Nc1cccc(Nc2nc(NC3=CC(OCC4CCN(C)CC4)CC=C3)ncc2F)c1. The second-order valence-corrected chi connectivity index (χ2v) is 8.79. The molecule has 35 heavy (non-hydrogen) atoms. The largest absolute Gasteiger partial charge is 0.373 e. The van der Waals surface area contributed by atoms with Crippen LogP contribution in [0.4, 0.5) is 27.5 Å². The monoisotopic (exact) mass is 478 g/mol. The maximum Gasteiger partial charge on any atom is 0.247 e. The molecule has 1 aliphatic heterocycles. The molecule has 1 aliphatic carbocycles. The highest BCUT2D eigenvalue weighted by atomic mass is 19.1. The van der Waals surface area contributed by atoms with E-state index >= 15 is 0 Å². The van der Waals surface area contributed by atoms with Crippen LogP contribution in [0.1, 0.15) is 19.3 Å². The van der Waals surface area contributed by atoms with Crippen molar-refractivity contribution in [3.05, 3.63) is 72.9 Å². The first-order valence-electron chi connectivity index (χ1n) is 11.8. The summed E-state index contributed by atoms with van der Waals surface area (Å²) in [4.78, 5) is 22.2. The highest BCUT2D eigenvalue weighted by molar-refractivity contribution is 5.99. The number of likely N-dealkylation sites (tertiary alicyclic amines) is 1. The number of ether oxygens (including phenoxy) is 1. The summed E-state index contributed by atoms with van der Waals surface area (Å²) in [5.74, 6) is -0.0468. The lowest BCUT2D eigenvalue weighted by molar-refractivity contribution is -0.111. The molecule has 0 bridgehead atoms. The van der Waals surface area contributed by atoms with E-state index in [1.807, 2.05) is 18.2 Å². The van der Waals surface area contributed by atoms with Crippen LogP contribution in [0, 0.1) is 11.7 Å². The van der Waals surface area contributed by atoms with Gasteiger partial charge >= 0.3 is 0 Å². The molecular weight excluding hydrogens is 447 g/mol. The maximum absolute atomic E-state index is 14.4. The Balaban J connectivity index is 1.37. The van der Waals surface area contributed by atoms with Crippen LogP contribution < -0.4 is 16.0 Å². The highest BCUT2D eigenvalue weighted by Crippen LogP contribution is 2.23. The summed E-state index contributed by atoms with van der Waals surface area (Å²) in [6.45, 7) is 6.43. The maximum atomic E-state index is 14.4. The molecule has 4 rings (SSSR count). The molecule has 2 aliphatic rings. The minimum Gasteiger partial charge on any atom is -0.373 e. The fraction of sp³-hybridized carbons (Fsp3) is 0.346. The zero-order valence-electron chi connectivity index (χ0n) is 19.8. The van der Waals surface area contributed by atoms with E-state index in [0.29, 0.717) is 17.3 Å². The molecular formula is C26H31FN6O2. The number of anilines is 4. The molecule has 184 valence electrons. The third-order valence-corrected chi connectivity index (χ3v) is 5.99. The Labute approximate surface area is 205 Å².